The number of carboxylic acids is 1. The van der Waals surface area contributed by atoms with Crippen molar-refractivity contribution < 1.29 is 14.6 Å². The number of nitrogens with one attached hydrogen (secondary N) is 1. The molecule has 1 saturated carbocycles. The first-order chi connectivity index (χ1) is 9.45. The van der Waals surface area contributed by atoms with E-state index >= 15 is 0 Å². The van der Waals surface area contributed by atoms with E-state index in [0.29, 0.717) is 30.6 Å². The zero-order valence-corrected chi connectivity index (χ0v) is 12.1. The Hall–Kier alpha value is -1.85. The molecule has 0 aromatic carbocycles. The molecular formula is C14H21N3O3. The number of rotatable bonds is 4. The molecule has 2 N–H and O–H groups in total. The van der Waals surface area contributed by atoms with Crippen LogP contribution >= 0.6 is 0 Å². The van der Waals surface area contributed by atoms with Crippen LogP contribution in [0.1, 0.15) is 38.3 Å². The van der Waals surface area contributed by atoms with E-state index in [1.807, 2.05) is 6.92 Å². The Kier molecular flexibility index (Phi) is 4.11. The second-order valence-corrected chi connectivity index (χ2v) is 5.59. The molecule has 1 aromatic rings. The summed E-state index contributed by atoms with van der Waals surface area (Å²) in [4.78, 5) is 20.2. The third kappa shape index (κ3) is 3.00. The maximum atomic E-state index is 11.7. The van der Waals surface area contributed by atoms with E-state index in [1.54, 1.807) is 6.07 Å². The Balaban J connectivity index is 2.28. The molecule has 0 spiro atoms. The van der Waals surface area contributed by atoms with Crippen molar-refractivity contribution in [2.24, 2.45) is 5.92 Å². The topological polar surface area (TPSA) is 84.3 Å². The van der Waals surface area contributed by atoms with Gasteiger partial charge in [0.2, 0.25) is 11.8 Å². The average Bonchev–Trinajstić information content (AvgIpc) is 2.37. The summed E-state index contributed by atoms with van der Waals surface area (Å²) in [7, 11) is 1.53. The van der Waals surface area contributed by atoms with Crippen LogP contribution < -0.4 is 10.1 Å². The average molecular weight is 279 g/mol. The Bertz CT molecular complexity index is 506. The molecule has 110 valence electrons. The van der Waals surface area contributed by atoms with Gasteiger partial charge in [0.05, 0.1) is 7.11 Å². The zero-order valence-electron chi connectivity index (χ0n) is 12.1. The zero-order chi connectivity index (χ0) is 14.8. The molecule has 2 unspecified atom stereocenters. The fourth-order valence-corrected chi connectivity index (χ4v) is 2.83. The molecule has 1 aliphatic carbocycles. The summed E-state index contributed by atoms with van der Waals surface area (Å²) in [5.41, 5.74) is -0.236. The first-order valence-corrected chi connectivity index (χ1v) is 6.86. The first-order valence-electron chi connectivity index (χ1n) is 6.86. The van der Waals surface area contributed by atoms with E-state index in [4.69, 9.17) is 4.74 Å². The standard InChI is InChI=1S/C14H21N3O3/c1-9-5-4-6-14(8-9,12(18)19)17-13-15-10(2)7-11(16-13)20-3/h7,9H,4-6,8H2,1-3H3,(H,18,19)(H,15,16,17). The third-order valence-electron chi connectivity index (χ3n) is 3.80. The molecule has 6 nitrogen and oxygen atoms in total. The van der Waals surface area contributed by atoms with Gasteiger partial charge in [0.1, 0.15) is 5.54 Å². The number of carbonyl (C=O) groups is 1. The number of aryl methyl sites for hydroxylation is 1. The maximum Gasteiger partial charge on any atom is 0.329 e. The van der Waals surface area contributed by atoms with Gasteiger partial charge in [-0.1, -0.05) is 19.8 Å². The van der Waals surface area contributed by atoms with Gasteiger partial charge in [0, 0.05) is 11.8 Å². The quantitative estimate of drug-likeness (QED) is 0.879. The number of hydrogen-bond acceptors (Lipinski definition) is 5. The summed E-state index contributed by atoms with van der Waals surface area (Å²) in [6, 6.07) is 1.71. The fourth-order valence-electron chi connectivity index (χ4n) is 2.83. The van der Waals surface area contributed by atoms with Gasteiger partial charge in [0.15, 0.2) is 0 Å². The second-order valence-electron chi connectivity index (χ2n) is 5.59. The van der Waals surface area contributed by atoms with Gasteiger partial charge in [-0.05, 0) is 25.7 Å². The van der Waals surface area contributed by atoms with Gasteiger partial charge < -0.3 is 15.2 Å². The van der Waals surface area contributed by atoms with Gasteiger partial charge in [-0.15, -0.1) is 0 Å². The van der Waals surface area contributed by atoms with Crippen molar-refractivity contribution in [2.75, 3.05) is 12.4 Å². The Morgan fingerprint density at radius 2 is 2.30 bits per heavy atom. The highest BCUT2D eigenvalue weighted by molar-refractivity contribution is 5.82. The molecule has 0 saturated heterocycles. The Labute approximate surface area is 118 Å². The van der Waals surface area contributed by atoms with Gasteiger partial charge in [-0.3, -0.25) is 0 Å². The molecule has 20 heavy (non-hydrogen) atoms. The summed E-state index contributed by atoms with van der Waals surface area (Å²) < 4.78 is 5.10. The molecule has 0 bridgehead atoms. The molecule has 2 rings (SSSR count). The van der Waals surface area contributed by atoms with Crippen molar-refractivity contribution in [3.63, 3.8) is 0 Å². The van der Waals surface area contributed by atoms with Crippen molar-refractivity contribution in [2.45, 2.75) is 45.1 Å². The first kappa shape index (κ1) is 14.6. The summed E-state index contributed by atoms with van der Waals surface area (Å²) >= 11 is 0. The van der Waals surface area contributed by atoms with Gasteiger partial charge in [0.25, 0.3) is 0 Å². The predicted molar refractivity (Wildman–Crippen MR) is 74.9 cm³/mol. The lowest BCUT2D eigenvalue weighted by atomic mass is 9.76. The molecule has 1 aliphatic rings. The Morgan fingerprint density at radius 1 is 1.55 bits per heavy atom. The lowest BCUT2D eigenvalue weighted by molar-refractivity contribution is -0.144. The normalized spacial score (nSPS) is 26.1. The number of hydrogen-bond donors (Lipinski definition) is 2. The maximum absolute atomic E-state index is 11.7. The number of aliphatic carboxylic acids is 1. The number of ether oxygens (including phenoxy) is 1. The lowest BCUT2D eigenvalue weighted by Crippen LogP contribution is -2.50. The second kappa shape index (κ2) is 5.64. The molecule has 0 amide bonds. The van der Waals surface area contributed by atoms with Crippen LogP contribution in [0.4, 0.5) is 5.95 Å². The summed E-state index contributed by atoms with van der Waals surface area (Å²) in [5.74, 6) is 0.287. The summed E-state index contributed by atoms with van der Waals surface area (Å²) in [5, 5.41) is 12.7. The van der Waals surface area contributed by atoms with E-state index in [0.717, 1.165) is 18.5 Å². The monoisotopic (exact) mass is 279 g/mol. The van der Waals surface area contributed by atoms with Crippen LogP contribution in [-0.4, -0.2) is 33.7 Å². The van der Waals surface area contributed by atoms with E-state index in [2.05, 4.69) is 22.2 Å². The van der Waals surface area contributed by atoms with Crippen molar-refractivity contribution in [1.82, 2.24) is 9.97 Å². The van der Waals surface area contributed by atoms with E-state index in [1.165, 1.54) is 7.11 Å². The van der Waals surface area contributed by atoms with Crippen LogP contribution in [0.3, 0.4) is 0 Å². The summed E-state index contributed by atoms with van der Waals surface area (Å²) in [6.45, 7) is 3.91. The van der Waals surface area contributed by atoms with Crippen LogP contribution in [0.2, 0.25) is 0 Å². The molecule has 1 fully saturated rings. The summed E-state index contributed by atoms with van der Waals surface area (Å²) in [6.07, 6.45) is 3.13. The van der Waals surface area contributed by atoms with Crippen molar-refractivity contribution in [3.05, 3.63) is 11.8 Å². The van der Waals surface area contributed by atoms with Crippen LogP contribution in [0, 0.1) is 12.8 Å². The highest BCUT2D eigenvalue weighted by Gasteiger charge is 2.42. The minimum Gasteiger partial charge on any atom is -0.481 e. The van der Waals surface area contributed by atoms with Crippen molar-refractivity contribution in [3.8, 4) is 5.88 Å². The van der Waals surface area contributed by atoms with Crippen LogP contribution in [-0.2, 0) is 4.79 Å². The van der Waals surface area contributed by atoms with E-state index in [9.17, 15) is 9.90 Å². The van der Waals surface area contributed by atoms with Crippen LogP contribution in [0.25, 0.3) is 0 Å². The van der Waals surface area contributed by atoms with Crippen molar-refractivity contribution >= 4 is 11.9 Å². The van der Waals surface area contributed by atoms with Crippen LogP contribution in [0.15, 0.2) is 6.07 Å². The minimum absolute atomic E-state index is 0.318. The molecule has 2 atom stereocenters. The molecular weight excluding hydrogens is 258 g/mol. The number of anilines is 1. The SMILES string of the molecule is COc1cc(C)nc(NC2(C(=O)O)CCCC(C)C2)n1. The molecule has 6 heteroatoms. The molecule has 0 radical (unpaired) electrons. The number of methoxy groups -OCH3 is 1. The van der Waals surface area contributed by atoms with E-state index < -0.39 is 11.5 Å². The van der Waals surface area contributed by atoms with Gasteiger partial charge in [-0.2, -0.15) is 4.98 Å². The smallest absolute Gasteiger partial charge is 0.329 e. The number of nitrogens with zero attached hydrogens (tertiary/aromatic N) is 2. The molecule has 1 heterocycles. The number of aromatic nitrogens is 2. The molecule has 0 aliphatic heterocycles. The van der Waals surface area contributed by atoms with Gasteiger partial charge in [-0.25, -0.2) is 9.78 Å². The Morgan fingerprint density at radius 3 is 2.90 bits per heavy atom. The van der Waals surface area contributed by atoms with Crippen LogP contribution in [0.5, 0.6) is 5.88 Å². The highest BCUT2D eigenvalue weighted by Crippen LogP contribution is 2.35. The highest BCUT2D eigenvalue weighted by atomic mass is 16.5. The third-order valence-corrected chi connectivity index (χ3v) is 3.80. The largest absolute Gasteiger partial charge is 0.481 e. The predicted octanol–water partition coefficient (Wildman–Crippen LogP) is 2.24. The molecule has 1 aromatic heterocycles. The lowest BCUT2D eigenvalue weighted by Gasteiger charge is -2.37. The van der Waals surface area contributed by atoms with E-state index in [-0.39, 0.29) is 0 Å². The number of carboxylic acid groups (broad SMARTS) is 1. The fraction of sp³-hybridized carbons (Fsp3) is 0.643. The minimum atomic E-state index is -0.976. The van der Waals surface area contributed by atoms with Gasteiger partial charge >= 0.3 is 5.97 Å². The van der Waals surface area contributed by atoms with Crippen molar-refractivity contribution in [1.29, 1.82) is 0 Å².